The van der Waals surface area contributed by atoms with Crippen LogP contribution in [-0.2, 0) is 11.2 Å². The van der Waals surface area contributed by atoms with Gasteiger partial charge in [0.2, 0.25) is 0 Å². The van der Waals surface area contributed by atoms with Crippen molar-refractivity contribution in [1.29, 1.82) is 0 Å². The van der Waals surface area contributed by atoms with E-state index in [0.29, 0.717) is 40.7 Å². The highest BCUT2D eigenvalue weighted by molar-refractivity contribution is 6.04. The molecule has 206 valence electrons. The molecule has 1 aliphatic rings. The Bertz CT molecular complexity index is 1340. The molecule has 1 aromatic carbocycles. The van der Waals surface area contributed by atoms with Crippen molar-refractivity contribution in [3.8, 4) is 11.3 Å². The number of ketones is 1. The normalized spacial score (nSPS) is 15.9. The largest absolute Gasteiger partial charge is 0.444 e. The number of carbonyl (C=O) groups is 3. The number of nitrogens with one attached hydrogen (secondary N) is 2. The van der Waals surface area contributed by atoms with Gasteiger partial charge in [0.1, 0.15) is 22.9 Å². The van der Waals surface area contributed by atoms with Gasteiger partial charge in [0, 0.05) is 30.8 Å². The Hall–Kier alpha value is -4.01. The summed E-state index contributed by atoms with van der Waals surface area (Å²) in [7, 11) is 0. The lowest BCUT2D eigenvalue weighted by Crippen LogP contribution is -2.39. The number of aromatic nitrogens is 3. The summed E-state index contributed by atoms with van der Waals surface area (Å²) < 4.78 is 5.68. The second kappa shape index (κ2) is 11.8. The summed E-state index contributed by atoms with van der Waals surface area (Å²) in [6, 6.07) is 10.4. The van der Waals surface area contributed by atoms with Gasteiger partial charge in [0.25, 0.3) is 5.91 Å². The zero-order valence-corrected chi connectivity index (χ0v) is 23.3. The fourth-order valence-electron chi connectivity index (χ4n) is 4.68. The number of H-pyrrole nitrogens is 1. The zero-order valence-electron chi connectivity index (χ0n) is 23.3. The molecule has 3 aromatic rings. The first kappa shape index (κ1) is 28.0. The lowest BCUT2D eigenvalue weighted by molar-refractivity contribution is 0.0155. The van der Waals surface area contributed by atoms with E-state index in [1.54, 1.807) is 35.4 Å². The molecule has 1 aliphatic heterocycles. The zero-order chi connectivity index (χ0) is 28.2. The van der Waals surface area contributed by atoms with E-state index in [4.69, 9.17) is 9.72 Å². The molecule has 0 spiro atoms. The number of benzene rings is 1. The topological polar surface area (TPSA) is 117 Å². The van der Waals surface area contributed by atoms with Gasteiger partial charge in [0.05, 0.1) is 11.7 Å². The van der Waals surface area contributed by atoms with Crippen LogP contribution >= 0.6 is 0 Å². The number of likely N-dealkylation sites (tertiary alicyclic amines) is 1. The van der Waals surface area contributed by atoms with Crippen molar-refractivity contribution in [2.45, 2.75) is 78.4 Å². The summed E-state index contributed by atoms with van der Waals surface area (Å²) in [5.74, 6) is 0.622. The van der Waals surface area contributed by atoms with Crippen molar-refractivity contribution < 1.29 is 19.1 Å². The molecular formula is C30H37N5O4. The molecule has 1 fully saturated rings. The predicted octanol–water partition coefficient (Wildman–Crippen LogP) is 6.34. The molecule has 39 heavy (non-hydrogen) atoms. The second-order valence-corrected chi connectivity index (χ2v) is 10.9. The Morgan fingerprint density at radius 2 is 1.85 bits per heavy atom. The lowest BCUT2D eigenvalue weighted by atomic mass is 10.1. The maximum Gasteiger partial charge on any atom is 0.410 e. The van der Waals surface area contributed by atoms with Crippen molar-refractivity contribution in [2.75, 3.05) is 11.9 Å². The number of aryl methyl sites for hydroxylation is 1. The number of hydrogen-bond donors (Lipinski definition) is 2. The Labute approximate surface area is 229 Å². The number of carbonyl (C=O) groups excluding carboxylic acids is 3. The minimum absolute atomic E-state index is 0.162. The van der Waals surface area contributed by atoms with E-state index in [-0.39, 0.29) is 23.8 Å². The van der Waals surface area contributed by atoms with Crippen molar-refractivity contribution in [3.05, 3.63) is 65.2 Å². The molecule has 9 nitrogen and oxygen atoms in total. The Morgan fingerprint density at radius 3 is 2.51 bits per heavy atom. The molecule has 1 atom stereocenters. The van der Waals surface area contributed by atoms with Crippen molar-refractivity contribution in [2.24, 2.45) is 0 Å². The third-order valence-electron chi connectivity index (χ3n) is 6.67. The predicted molar refractivity (Wildman–Crippen MR) is 150 cm³/mol. The average Bonchev–Trinajstić information content (AvgIpc) is 3.19. The third-order valence-corrected chi connectivity index (χ3v) is 6.67. The number of amides is 2. The summed E-state index contributed by atoms with van der Waals surface area (Å²) in [5.41, 5.74) is 2.49. The number of rotatable bonds is 6. The van der Waals surface area contributed by atoms with Crippen LogP contribution in [-0.4, -0.2) is 49.8 Å². The maximum atomic E-state index is 13.1. The molecule has 3 heterocycles. The van der Waals surface area contributed by atoms with Crippen LogP contribution in [0.5, 0.6) is 0 Å². The van der Waals surface area contributed by atoms with Gasteiger partial charge < -0.3 is 15.0 Å². The van der Waals surface area contributed by atoms with E-state index in [1.807, 2.05) is 39.8 Å². The van der Waals surface area contributed by atoms with Crippen molar-refractivity contribution >= 4 is 23.6 Å². The summed E-state index contributed by atoms with van der Waals surface area (Å²) in [6.07, 6.45) is 5.68. The smallest absolute Gasteiger partial charge is 0.410 e. The fraction of sp³-hybridized carbons (Fsp3) is 0.433. The number of anilines is 1. The monoisotopic (exact) mass is 531 g/mol. The SMILES string of the molecule is CCc1ccnc(NC(=O)c2ccc(-c3nc(C4CCCCCN4C(=O)OC(C)(C)C)[nH]c3C(C)=O)cc2)c1. The number of aromatic amines is 1. The van der Waals surface area contributed by atoms with Crippen LogP contribution in [0.4, 0.5) is 10.6 Å². The standard InChI is InChI=1S/C30H37N5O4/c1-6-20-15-16-31-24(18-20)32-28(37)22-13-11-21(12-14-22)26-25(19(2)36)33-27(34-26)23-10-8-7-9-17-35(23)29(38)39-30(3,4)5/h11-16,18,23H,6-10,17H2,1-5H3,(H,33,34)(H,31,32,37). The molecule has 1 unspecified atom stereocenters. The van der Waals surface area contributed by atoms with Gasteiger partial charge in [-0.05, 0) is 69.9 Å². The maximum absolute atomic E-state index is 13.1. The van der Waals surface area contributed by atoms with E-state index in [9.17, 15) is 14.4 Å². The van der Waals surface area contributed by atoms with Crippen molar-refractivity contribution in [3.63, 3.8) is 0 Å². The molecule has 2 aromatic heterocycles. The Morgan fingerprint density at radius 1 is 1.10 bits per heavy atom. The fourth-order valence-corrected chi connectivity index (χ4v) is 4.68. The minimum atomic E-state index is -0.615. The van der Waals surface area contributed by atoms with Gasteiger partial charge >= 0.3 is 6.09 Å². The van der Waals surface area contributed by atoms with Crippen LogP contribution in [0.1, 0.15) is 98.6 Å². The lowest BCUT2D eigenvalue weighted by Gasteiger charge is -2.31. The summed E-state index contributed by atoms with van der Waals surface area (Å²) >= 11 is 0. The Kier molecular flexibility index (Phi) is 8.47. The number of nitrogens with zero attached hydrogens (tertiary/aromatic N) is 3. The second-order valence-electron chi connectivity index (χ2n) is 10.9. The van der Waals surface area contributed by atoms with E-state index >= 15 is 0 Å². The average molecular weight is 532 g/mol. The number of imidazole rings is 1. The van der Waals surface area contributed by atoms with E-state index in [2.05, 4.69) is 15.3 Å². The van der Waals surface area contributed by atoms with Gasteiger partial charge in [-0.2, -0.15) is 0 Å². The van der Waals surface area contributed by atoms with Crippen LogP contribution in [0.15, 0.2) is 42.6 Å². The van der Waals surface area contributed by atoms with Crippen LogP contribution in [0.3, 0.4) is 0 Å². The summed E-state index contributed by atoms with van der Waals surface area (Å²) in [4.78, 5) is 52.4. The highest BCUT2D eigenvalue weighted by atomic mass is 16.6. The third kappa shape index (κ3) is 6.90. The van der Waals surface area contributed by atoms with Crippen LogP contribution < -0.4 is 5.32 Å². The molecular weight excluding hydrogens is 494 g/mol. The van der Waals surface area contributed by atoms with Gasteiger partial charge in [-0.15, -0.1) is 0 Å². The van der Waals surface area contributed by atoms with Gasteiger partial charge in [-0.25, -0.2) is 14.8 Å². The van der Waals surface area contributed by atoms with E-state index < -0.39 is 5.60 Å². The highest BCUT2D eigenvalue weighted by Gasteiger charge is 2.33. The molecule has 4 rings (SSSR count). The van der Waals surface area contributed by atoms with Crippen molar-refractivity contribution in [1.82, 2.24) is 19.9 Å². The number of ether oxygens (including phenoxy) is 1. The van der Waals surface area contributed by atoms with Gasteiger partial charge in [-0.3, -0.25) is 14.5 Å². The van der Waals surface area contributed by atoms with Crippen LogP contribution in [0.25, 0.3) is 11.3 Å². The van der Waals surface area contributed by atoms with Crippen LogP contribution in [0.2, 0.25) is 0 Å². The first-order valence-electron chi connectivity index (χ1n) is 13.5. The molecule has 1 saturated heterocycles. The molecule has 0 radical (unpaired) electrons. The van der Waals surface area contributed by atoms with Crippen LogP contribution in [0, 0.1) is 0 Å². The number of pyridine rings is 1. The number of hydrogen-bond acceptors (Lipinski definition) is 6. The van der Waals surface area contributed by atoms with E-state index in [0.717, 1.165) is 37.7 Å². The minimum Gasteiger partial charge on any atom is -0.444 e. The Balaban J connectivity index is 1.60. The highest BCUT2D eigenvalue weighted by Crippen LogP contribution is 2.33. The molecule has 2 N–H and O–H groups in total. The summed E-state index contributed by atoms with van der Waals surface area (Å²) in [6.45, 7) is 9.63. The quantitative estimate of drug-likeness (QED) is 0.358. The van der Waals surface area contributed by atoms with Gasteiger partial charge in [-0.1, -0.05) is 31.9 Å². The van der Waals surface area contributed by atoms with E-state index in [1.165, 1.54) is 6.92 Å². The molecule has 0 saturated carbocycles. The molecule has 0 aliphatic carbocycles. The summed E-state index contributed by atoms with van der Waals surface area (Å²) in [5, 5.41) is 2.83. The molecule has 2 amide bonds. The number of Topliss-reactive ketones (excluding diaryl/α,β-unsaturated/α-hetero) is 1. The first-order chi connectivity index (χ1) is 18.6. The molecule has 9 heteroatoms. The molecule has 0 bridgehead atoms. The van der Waals surface area contributed by atoms with Gasteiger partial charge in [0.15, 0.2) is 5.78 Å². The first-order valence-corrected chi connectivity index (χ1v) is 13.5.